The van der Waals surface area contributed by atoms with E-state index in [-0.39, 0.29) is 18.0 Å². The Hall–Kier alpha value is -4.07. The third kappa shape index (κ3) is 5.30. The van der Waals surface area contributed by atoms with Gasteiger partial charge in [-0.15, -0.1) is 0 Å². The van der Waals surface area contributed by atoms with Crippen LogP contribution in [0, 0.1) is 0 Å². The van der Waals surface area contributed by atoms with E-state index in [0.29, 0.717) is 22.8 Å². The van der Waals surface area contributed by atoms with Crippen molar-refractivity contribution in [3.63, 3.8) is 0 Å². The van der Waals surface area contributed by atoms with E-state index >= 15 is 0 Å². The second-order valence-electron chi connectivity index (χ2n) is 6.51. The molecular weight excluding hydrogens is 400 g/mol. The number of benzene rings is 2. The van der Waals surface area contributed by atoms with E-state index in [0.717, 1.165) is 0 Å². The summed E-state index contributed by atoms with van der Waals surface area (Å²) in [4.78, 5) is 38.8. The van der Waals surface area contributed by atoms with Crippen molar-refractivity contribution >= 4 is 23.5 Å². The zero-order valence-electron chi connectivity index (χ0n) is 17.2. The summed E-state index contributed by atoms with van der Waals surface area (Å²) >= 11 is 0. The molecule has 8 nitrogen and oxygen atoms in total. The molecule has 8 heteroatoms. The molecule has 0 atom stereocenters. The monoisotopic (exact) mass is 422 g/mol. The number of methoxy groups -OCH3 is 1. The number of amides is 2. The van der Waals surface area contributed by atoms with Gasteiger partial charge in [-0.1, -0.05) is 24.3 Å². The van der Waals surface area contributed by atoms with Crippen molar-refractivity contribution in [3.05, 3.63) is 83.8 Å². The van der Waals surface area contributed by atoms with Crippen molar-refractivity contribution in [2.75, 3.05) is 25.7 Å². The summed E-state index contributed by atoms with van der Waals surface area (Å²) < 4.78 is 15.5. The smallest absolute Gasteiger partial charge is 0.342 e. The van der Waals surface area contributed by atoms with Gasteiger partial charge in [0, 0.05) is 7.05 Å². The Morgan fingerprint density at radius 1 is 0.968 bits per heavy atom. The van der Waals surface area contributed by atoms with Crippen molar-refractivity contribution in [1.29, 1.82) is 0 Å². The maximum Gasteiger partial charge on any atom is 0.342 e. The minimum absolute atomic E-state index is 0.217. The fraction of sp³-hybridized carbons (Fsp3) is 0.174. The van der Waals surface area contributed by atoms with Crippen LogP contribution in [0.3, 0.4) is 0 Å². The maximum absolute atomic E-state index is 12.6. The number of likely N-dealkylation sites (N-methyl/N-ethyl adjacent to an activating group) is 1. The number of furan rings is 1. The second kappa shape index (κ2) is 10.1. The van der Waals surface area contributed by atoms with Crippen LogP contribution in [0.1, 0.15) is 26.5 Å². The molecule has 31 heavy (non-hydrogen) atoms. The lowest BCUT2D eigenvalue weighted by atomic mass is 10.1. The van der Waals surface area contributed by atoms with Gasteiger partial charge >= 0.3 is 5.97 Å². The number of nitrogens with zero attached hydrogens (tertiary/aromatic N) is 1. The first-order valence-electron chi connectivity index (χ1n) is 9.47. The van der Waals surface area contributed by atoms with E-state index in [1.165, 1.54) is 25.3 Å². The third-order valence-electron chi connectivity index (χ3n) is 4.54. The van der Waals surface area contributed by atoms with Gasteiger partial charge in [0.05, 0.1) is 31.2 Å². The van der Waals surface area contributed by atoms with Gasteiger partial charge in [0.2, 0.25) is 0 Å². The molecule has 0 spiro atoms. The maximum atomic E-state index is 12.6. The number of rotatable bonds is 8. The zero-order chi connectivity index (χ0) is 22.2. The molecule has 2 amide bonds. The number of carbonyl (C=O) groups is 3. The van der Waals surface area contributed by atoms with Crippen molar-refractivity contribution in [2.24, 2.45) is 0 Å². The fourth-order valence-corrected chi connectivity index (χ4v) is 2.88. The van der Waals surface area contributed by atoms with Crippen molar-refractivity contribution in [1.82, 2.24) is 5.32 Å². The van der Waals surface area contributed by atoms with Crippen molar-refractivity contribution in [3.8, 4) is 5.75 Å². The molecule has 2 aromatic carbocycles. The molecule has 0 unspecified atom stereocenters. The van der Waals surface area contributed by atoms with E-state index in [4.69, 9.17) is 13.9 Å². The molecule has 0 bridgehead atoms. The largest absolute Gasteiger partial charge is 0.496 e. The highest BCUT2D eigenvalue weighted by atomic mass is 16.5. The van der Waals surface area contributed by atoms with E-state index in [9.17, 15) is 14.4 Å². The molecule has 0 aliphatic rings. The summed E-state index contributed by atoms with van der Waals surface area (Å²) in [6, 6.07) is 16.7. The van der Waals surface area contributed by atoms with Crippen LogP contribution in [0.2, 0.25) is 0 Å². The van der Waals surface area contributed by atoms with Crippen LogP contribution in [0.4, 0.5) is 5.69 Å². The number of para-hydroxylation sites is 2. The first-order chi connectivity index (χ1) is 15.0. The summed E-state index contributed by atoms with van der Waals surface area (Å²) in [5.74, 6) is -0.568. The standard InChI is InChI=1S/C23H22N2O6/c1-25(21(26)15-31-23(28)18-10-4-6-12-20(18)29-2)19-11-5-3-9-17(19)22(27)24-14-16-8-7-13-30-16/h3-13H,14-15H2,1-2H3,(H,24,27). The van der Waals surface area contributed by atoms with Crippen molar-refractivity contribution in [2.45, 2.75) is 6.54 Å². The molecule has 0 radical (unpaired) electrons. The highest BCUT2D eigenvalue weighted by molar-refractivity contribution is 6.05. The number of ether oxygens (including phenoxy) is 2. The number of anilines is 1. The van der Waals surface area contributed by atoms with E-state index in [1.807, 2.05) is 0 Å². The Kier molecular flexibility index (Phi) is 7.05. The van der Waals surface area contributed by atoms with Gasteiger partial charge in [-0.2, -0.15) is 0 Å². The normalized spacial score (nSPS) is 10.3. The molecule has 0 saturated heterocycles. The fourth-order valence-electron chi connectivity index (χ4n) is 2.88. The van der Waals surface area contributed by atoms with Crippen LogP contribution in [0.25, 0.3) is 0 Å². The summed E-state index contributed by atoms with van der Waals surface area (Å²) in [6.45, 7) is -0.274. The summed E-state index contributed by atoms with van der Waals surface area (Å²) in [5, 5.41) is 2.75. The number of carbonyl (C=O) groups excluding carboxylic acids is 3. The van der Waals surface area contributed by atoms with Gasteiger partial charge < -0.3 is 24.1 Å². The minimum Gasteiger partial charge on any atom is -0.496 e. The zero-order valence-corrected chi connectivity index (χ0v) is 17.2. The molecule has 0 saturated carbocycles. The van der Waals surface area contributed by atoms with Crippen LogP contribution in [0.5, 0.6) is 5.75 Å². The first-order valence-corrected chi connectivity index (χ1v) is 9.47. The molecule has 3 aromatic rings. The topological polar surface area (TPSA) is 98.1 Å². The Balaban J connectivity index is 1.65. The predicted molar refractivity (Wildman–Crippen MR) is 113 cm³/mol. The minimum atomic E-state index is -0.677. The van der Waals surface area contributed by atoms with Gasteiger partial charge in [0.15, 0.2) is 6.61 Å². The highest BCUT2D eigenvalue weighted by Gasteiger charge is 2.21. The molecule has 0 aliphatic heterocycles. The molecule has 1 N–H and O–H groups in total. The van der Waals surface area contributed by atoms with Gasteiger partial charge in [-0.25, -0.2) is 4.79 Å². The lowest BCUT2D eigenvalue weighted by Crippen LogP contribution is -2.33. The molecule has 1 heterocycles. The van der Waals surface area contributed by atoms with Crippen LogP contribution < -0.4 is 15.0 Å². The number of esters is 1. The molecule has 0 aliphatic carbocycles. The average Bonchev–Trinajstić information content (AvgIpc) is 3.34. The van der Waals surface area contributed by atoms with Gasteiger partial charge in [-0.05, 0) is 36.4 Å². The van der Waals surface area contributed by atoms with Gasteiger partial charge in [0.25, 0.3) is 11.8 Å². The van der Waals surface area contributed by atoms with Gasteiger partial charge in [0.1, 0.15) is 17.1 Å². The quantitative estimate of drug-likeness (QED) is 0.561. The average molecular weight is 422 g/mol. The summed E-state index contributed by atoms with van der Waals surface area (Å²) in [5.41, 5.74) is 0.914. The third-order valence-corrected chi connectivity index (χ3v) is 4.54. The molecule has 1 aromatic heterocycles. The Labute approximate surface area is 179 Å². The number of hydrogen-bond acceptors (Lipinski definition) is 6. The van der Waals surface area contributed by atoms with Crippen molar-refractivity contribution < 1.29 is 28.3 Å². The van der Waals surface area contributed by atoms with Gasteiger partial charge in [-0.3, -0.25) is 9.59 Å². The second-order valence-corrected chi connectivity index (χ2v) is 6.51. The Bertz CT molecular complexity index is 1060. The van der Waals surface area contributed by atoms with Crippen LogP contribution in [0.15, 0.2) is 71.3 Å². The Morgan fingerprint density at radius 3 is 2.39 bits per heavy atom. The van der Waals surface area contributed by atoms with Crippen LogP contribution in [-0.2, 0) is 16.1 Å². The molecular formula is C23H22N2O6. The first kappa shape index (κ1) is 21.6. The summed E-state index contributed by atoms with van der Waals surface area (Å²) in [6.07, 6.45) is 1.52. The summed E-state index contributed by atoms with van der Waals surface area (Å²) in [7, 11) is 2.96. The molecule has 0 fully saturated rings. The highest BCUT2D eigenvalue weighted by Crippen LogP contribution is 2.21. The van der Waals surface area contributed by atoms with Crippen LogP contribution >= 0.6 is 0 Å². The lowest BCUT2D eigenvalue weighted by molar-refractivity contribution is -0.121. The van der Waals surface area contributed by atoms with E-state index < -0.39 is 18.5 Å². The predicted octanol–water partition coefficient (Wildman–Crippen LogP) is 3.04. The number of hydrogen-bond donors (Lipinski definition) is 1. The Morgan fingerprint density at radius 2 is 1.68 bits per heavy atom. The molecule has 160 valence electrons. The van der Waals surface area contributed by atoms with Crippen LogP contribution in [-0.4, -0.2) is 38.5 Å². The molecule has 3 rings (SSSR count). The van der Waals surface area contributed by atoms with E-state index in [1.54, 1.807) is 60.7 Å². The lowest BCUT2D eigenvalue weighted by Gasteiger charge is -2.20. The SMILES string of the molecule is COc1ccccc1C(=O)OCC(=O)N(C)c1ccccc1C(=O)NCc1ccco1. The van der Waals surface area contributed by atoms with E-state index in [2.05, 4.69) is 5.32 Å². The number of nitrogens with one attached hydrogen (secondary N) is 1.